The predicted octanol–water partition coefficient (Wildman–Crippen LogP) is 0.405. The van der Waals surface area contributed by atoms with Crippen LogP contribution in [0.4, 0.5) is 5.82 Å². The second-order valence-electron chi connectivity index (χ2n) is 3.85. The lowest BCUT2D eigenvalue weighted by Crippen LogP contribution is -2.33. The molecular weight excluding hydrogens is 252 g/mol. The number of carbonyl (C=O) groups excluding carboxylic acids is 1. The van der Waals surface area contributed by atoms with Crippen molar-refractivity contribution < 1.29 is 9.00 Å². The molecule has 0 aliphatic carbocycles. The molecule has 6 nitrogen and oxygen atoms in total. The Bertz CT molecular complexity index is 422. The van der Waals surface area contributed by atoms with Crippen LogP contribution in [0, 0.1) is 0 Å². The van der Waals surface area contributed by atoms with Gasteiger partial charge in [0.25, 0.3) is 5.91 Å². The van der Waals surface area contributed by atoms with Crippen molar-refractivity contribution in [1.29, 1.82) is 0 Å². The lowest BCUT2D eigenvalue weighted by Gasteiger charge is -2.09. The molecule has 0 saturated heterocycles. The van der Waals surface area contributed by atoms with Crippen molar-refractivity contribution in [1.82, 2.24) is 15.5 Å². The Labute approximate surface area is 109 Å². The zero-order valence-corrected chi connectivity index (χ0v) is 11.6. The number of rotatable bonds is 6. The van der Waals surface area contributed by atoms with Gasteiger partial charge in [-0.15, -0.1) is 10.2 Å². The Balaban J connectivity index is 2.54. The average molecular weight is 270 g/mol. The molecule has 18 heavy (non-hydrogen) atoms. The van der Waals surface area contributed by atoms with Gasteiger partial charge in [0.2, 0.25) is 0 Å². The summed E-state index contributed by atoms with van der Waals surface area (Å²) < 4.78 is 11.1. The van der Waals surface area contributed by atoms with Crippen LogP contribution < -0.4 is 10.6 Å². The monoisotopic (exact) mass is 270 g/mol. The third-order valence-electron chi connectivity index (χ3n) is 2.37. The maximum absolute atomic E-state index is 11.7. The summed E-state index contributed by atoms with van der Waals surface area (Å²) in [6, 6.07) is 3.31. The summed E-state index contributed by atoms with van der Waals surface area (Å²) >= 11 is 0. The number of hydrogen-bond acceptors (Lipinski definition) is 5. The second-order valence-corrected chi connectivity index (χ2v) is 5.66. The first-order valence-electron chi connectivity index (χ1n) is 5.72. The molecule has 2 unspecified atom stereocenters. The smallest absolute Gasteiger partial charge is 0.271 e. The first-order chi connectivity index (χ1) is 8.54. The summed E-state index contributed by atoms with van der Waals surface area (Å²) in [4.78, 5) is 11.7. The van der Waals surface area contributed by atoms with Gasteiger partial charge in [0, 0.05) is 35.4 Å². The van der Waals surface area contributed by atoms with Crippen molar-refractivity contribution in [3.8, 4) is 0 Å². The van der Waals surface area contributed by atoms with Crippen LogP contribution in [-0.2, 0) is 10.8 Å². The van der Waals surface area contributed by atoms with Gasteiger partial charge in [-0.2, -0.15) is 0 Å². The van der Waals surface area contributed by atoms with E-state index >= 15 is 0 Å². The van der Waals surface area contributed by atoms with E-state index in [0.717, 1.165) is 6.54 Å². The third-order valence-corrected chi connectivity index (χ3v) is 3.67. The number of nitrogens with zero attached hydrogens (tertiary/aromatic N) is 2. The van der Waals surface area contributed by atoms with Crippen LogP contribution in [0.1, 0.15) is 24.3 Å². The van der Waals surface area contributed by atoms with E-state index in [4.69, 9.17) is 0 Å². The lowest BCUT2D eigenvalue weighted by molar-refractivity contribution is 0.0948. The SMILES string of the molecule is CCNc1ccc(C(=O)NCC(C)S(C)=O)nn1. The molecule has 2 atom stereocenters. The van der Waals surface area contributed by atoms with E-state index in [1.807, 2.05) is 13.8 Å². The zero-order chi connectivity index (χ0) is 13.5. The van der Waals surface area contributed by atoms with Crippen molar-refractivity contribution in [2.75, 3.05) is 24.7 Å². The van der Waals surface area contributed by atoms with E-state index in [2.05, 4.69) is 20.8 Å². The first-order valence-corrected chi connectivity index (χ1v) is 7.34. The molecule has 0 aliphatic heterocycles. The van der Waals surface area contributed by atoms with Gasteiger partial charge in [0.1, 0.15) is 5.82 Å². The Morgan fingerprint density at radius 2 is 2.17 bits per heavy atom. The number of amides is 1. The van der Waals surface area contributed by atoms with Gasteiger partial charge in [-0.25, -0.2) is 0 Å². The van der Waals surface area contributed by atoms with Gasteiger partial charge in [0.15, 0.2) is 5.69 Å². The predicted molar refractivity (Wildman–Crippen MR) is 72.1 cm³/mol. The number of aromatic nitrogens is 2. The van der Waals surface area contributed by atoms with Gasteiger partial charge in [-0.1, -0.05) is 0 Å². The van der Waals surface area contributed by atoms with Crippen LogP contribution in [0.5, 0.6) is 0 Å². The van der Waals surface area contributed by atoms with E-state index in [-0.39, 0.29) is 16.9 Å². The van der Waals surface area contributed by atoms with Crippen molar-refractivity contribution in [2.24, 2.45) is 0 Å². The Kier molecular flexibility index (Phi) is 5.70. The molecule has 0 aromatic carbocycles. The first kappa shape index (κ1) is 14.6. The van der Waals surface area contributed by atoms with E-state index in [1.165, 1.54) is 0 Å². The minimum absolute atomic E-state index is 0.0806. The standard InChI is InChI=1S/C11H18N4O2S/c1-4-12-10-6-5-9(14-15-10)11(16)13-7-8(2)18(3)17/h5-6,8H,4,7H2,1-3H3,(H,12,15)(H,13,16). The number of hydrogen-bond donors (Lipinski definition) is 2. The van der Waals surface area contributed by atoms with Crippen molar-refractivity contribution >= 4 is 22.5 Å². The second kappa shape index (κ2) is 7.05. The Hall–Kier alpha value is -1.50. The van der Waals surface area contributed by atoms with E-state index in [9.17, 15) is 9.00 Å². The maximum atomic E-state index is 11.7. The van der Waals surface area contributed by atoms with Crippen LogP contribution in [0.3, 0.4) is 0 Å². The zero-order valence-electron chi connectivity index (χ0n) is 10.8. The summed E-state index contributed by atoms with van der Waals surface area (Å²) in [5.74, 6) is 0.333. The molecule has 0 aliphatic rings. The summed E-state index contributed by atoms with van der Waals surface area (Å²) in [5, 5.41) is 13.3. The van der Waals surface area contributed by atoms with Crippen LogP contribution in [-0.4, -0.2) is 44.9 Å². The normalized spacial score (nSPS) is 13.7. The fourth-order valence-corrected chi connectivity index (χ4v) is 1.49. The number of anilines is 1. The van der Waals surface area contributed by atoms with Gasteiger partial charge >= 0.3 is 0 Å². The lowest BCUT2D eigenvalue weighted by atomic mass is 10.3. The van der Waals surface area contributed by atoms with Crippen LogP contribution >= 0.6 is 0 Å². The van der Waals surface area contributed by atoms with E-state index < -0.39 is 10.8 Å². The highest BCUT2D eigenvalue weighted by Crippen LogP contribution is 2.01. The molecule has 1 amide bonds. The Morgan fingerprint density at radius 1 is 1.44 bits per heavy atom. The van der Waals surface area contributed by atoms with E-state index in [1.54, 1.807) is 18.4 Å². The Morgan fingerprint density at radius 3 is 2.67 bits per heavy atom. The van der Waals surface area contributed by atoms with Gasteiger partial charge in [-0.3, -0.25) is 9.00 Å². The molecular formula is C11H18N4O2S. The highest BCUT2D eigenvalue weighted by atomic mass is 32.2. The van der Waals surface area contributed by atoms with Crippen LogP contribution in [0.2, 0.25) is 0 Å². The molecule has 1 aromatic heterocycles. The fourth-order valence-electron chi connectivity index (χ4n) is 1.17. The minimum atomic E-state index is -0.950. The number of nitrogens with one attached hydrogen (secondary N) is 2. The van der Waals surface area contributed by atoms with Crippen LogP contribution in [0.15, 0.2) is 12.1 Å². The molecule has 100 valence electrons. The quantitative estimate of drug-likeness (QED) is 0.782. The molecule has 1 rings (SSSR count). The molecule has 1 heterocycles. The molecule has 1 aromatic rings. The molecule has 0 saturated carbocycles. The summed E-state index contributed by atoms with van der Waals surface area (Å²) in [6.07, 6.45) is 1.61. The minimum Gasteiger partial charge on any atom is -0.369 e. The van der Waals surface area contributed by atoms with Gasteiger partial charge in [0.05, 0.1) is 0 Å². The molecule has 2 N–H and O–H groups in total. The number of carbonyl (C=O) groups is 1. The average Bonchev–Trinajstić information content (AvgIpc) is 2.36. The largest absolute Gasteiger partial charge is 0.369 e. The van der Waals surface area contributed by atoms with Gasteiger partial charge in [-0.05, 0) is 26.0 Å². The van der Waals surface area contributed by atoms with E-state index in [0.29, 0.717) is 12.4 Å². The molecule has 0 fully saturated rings. The topological polar surface area (TPSA) is 84.0 Å². The highest BCUT2D eigenvalue weighted by Gasteiger charge is 2.11. The summed E-state index contributed by atoms with van der Waals surface area (Å²) in [5.41, 5.74) is 0.255. The van der Waals surface area contributed by atoms with Gasteiger partial charge < -0.3 is 10.6 Å². The molecule has 0 radical (unpaired) electrons. The third kappa shape index (κ3) is 4.40. The van der Waals surface area contributed by atoms with Crippen molar-refractivity contribution in [3.63, 3.8) is 0 Å². The maximum Gasteiger partial charge on any atom is 0.271 e. The van der Waals surface area contributed by atoms with Crippen molar-refractivity contribution in [3.05, 3.63) is 17.8 Å². The highest BCUT2D eigenvalue weighted by molar-refractivity contribution is 7.84. The van der Waals surface area contributed by atoms with Crippen molar-refractivity contribution in [2.45, 2.75) is 19.1 Å². The molecule has 7 heteroatoms. The van der Waals surface area contributed by atoms with Crippen LogP contribution in [0.25, 0.3) is 0 Å². The summed E-state index contributed by atoms with van der Waals surface area (Å²) in [7, 11) is -0.950. The fraction of sp³-hybridized carbons (Fsp3) is 0.545. The summed E-state index contributed by atoms with van der Waals surface area (Å²) in [6.45, 7) is 4.88. The molecule has 0 bridgehead atoms. The molecule has 0 spiro atoms.